The number of hydrogen-bond acceptors (Lipinski definition) is 4. The van der Waals surface area contributed by atoms with E-state index in [1.54, 1.807) is 42.6 Å². The SMILES string of the molecule is NCCc1ccc(S(=O)(=O)Nc2cccnc2)cc1. The summed E-state index contributed by atoms with van der Waals surface area (Å²) in [6.45, 7) is 0.542. The Labute approximate surface area is 112 Å². The molecule has 0 atom stereocenters. The van der Waals surface area contributed by atoms with Crippen molar-refractivity contribution in [2.24, 2.45) is 5.73 Å². The fourth-order valence-corrected chi connectivity index (χ4v) is 2.68. The van der Waals surface area contributed by atoms with Crippen molar-refractivity contribution in [2.75, 3.05) is 11.3 Å². The summed E-state index contributed by atoms with van der Waals surface area (Å²) < 4.78 is 26.7. The molecule has 0 unspecified atom stereocenters. The molecule has 0 aliphatic rings. The fourth-order valence-electron chi connectivity index (χ4n) is 1.64. The van der Waals surface area contributed by atoms with E-state index in [1.807, 2.05) is 0 Å². The molecule has 1 heterocycles. The van der Waals surface area contributed by atoms with Crippen LogP contribution >= 0.6 is 0 Å². The highest BCUT2D eigenvalue weighted by Gasteiger charge is 2.13. The summed E-state index contributed by atoms with van der Waals surface area (Å²) >= 11 is 0. The van der Waals surface area contributed by atoms with Crippen LogP contribution in [0, 0.1) is 0 Å². The van der Waals surface area contributed by atoms with Crippen molar-refractivity contribution in [3.63, 3.8) is 0 Å². The molecule has 3 N–H and O–H groups in total. The third-order valence-corrected chi connectivity index (χ3v) is 3.98. The molecule has 0 spiro atoms. The minimum absolute atomic E-state index is 0.220. The topological polar surface area (TPSA) is 85.1 Å². The molecule has 2 aromatic rings. The number of benzene rings is 1. The minimum atomic E-state index is -3.57. The monoisotopic (exact) mass is 277 g/mol. The van der Waals surface area contributed by atoms with E-state index in [1.165, 1.54) is 6.20 Å². The summed E-state index contributed by atoms with van der Waals surface area (Å²) in [5.41, 5.74) is 6.90. The van der Waals surface area contributed by atoms with Crippen molar-refractivity contribution < 1.29 is 8.42 Å². The van der Waals surface area contributed by atoms with Crippen molar-refractivity contribution >= 4 is 15.7 Å². The Kier molecular flexibility index (Phi) is 4.13. The molecule has 0 aliphatic carbocycles. The maximum atomic E-state index is 12.1. The number of nitrogens with one attached hydrogen (secondary N) is 1. The molecule has 100 valence electrons. The molecule has 1 aromatic heterocycles. The highest BCUT2D eigenvalue weighted by atomic mass is 32.2. The van der Waals surface area contributed by atoms with Gasteiger partial charge in [0.25, 0.3) is 10.0 Å². The molecule has 6 heteroatoms. The summed E-state index contributed by atoms with van der Waals surface area (Å²) in [6, 6.07) is 10.00. The molecule has 0 fully saturated rings. The highest BCUT2D eigenvalue weighted by Crippen LogP contribution is 2.15. The molecule has 5 nitrogen and oxygen atoms in total. The van der Waals surface area contributed by atoms with Crippen LogP contribution in [0.25, 0.3) is 0 Å². The average molecular weight is 277 g/mol. The van der Waals surface area contributed by atoms with Crippen LogP contribution in [0.3, 0.4) is 0 Å². The number of nitrogens with two attached hydrogens (primary N) is 1. The van der Waals surface area contributed by atoms with Crippen LogP contribution in [-0.4, -0.2) is 19.9 Å². The predicted octanol–water partition coefficient (Wildman–Crippen LogP) is 1.38. The van der Waals surface area contributed by atoms with Crippen LogP contribution < -0.4 is 10.5 Å². The lowest BCUT2D eigenvalue weighted by atomic mass is 10.2. The molecule has 0 saturated heterocycles. The lowest BCUT2D eigenvalue weighted by Gasteiger charge is -2.08. The molecule has 0 radical (unpaired) electrons. The lowest BCUT2D eigenvalue weighted by Crippen LogP contribution is -2.13. The second kappa shape index (κ2) is 5.81. The molecule has 2 rings (SSSR count). The Hall–Kier alpha value is -1.92. The van der Waals surface area contributed by atoms with Gasteiger partial charge in [-0.15, -0.1) is 0 Å². The van der Waals surface area contributed by atoms with Gasteiger partial charge < -0.3 is 5.73 Å². The third kappa shape index (κ3) is 3.52. The van der Waals surface area contributed by atoms with Crippen molar-refractivity contribution in [1.82, 2.24) is 4.98 Å². The second-order valence-electron chi connectivity index (χ2n) is 4.03. The Morgan fingerprint density at radius 3 is 2.47 bits per heavy atom. The van der Waals surface area contributed by atoms with Crippen molar-refractivity contribution in [1.29, 1.82) is 0 Å². The zero-order valence-corrected chi connectivity index (χ0v) is 11.1. The average Bonchev–Trinajstić information content (AvgIpc) is 2.40. The number of pyridine rings is 1. The minimum Gasteiger partial charge on any atom is -0.330 e. The molecule has 1 aromatic carbocycles. The molecular formula is C13H15N3O2S. The van der Waals surface area contributed by atoms with Gasteiger partial charge in [0.05, 0.1) is 16.8 Å². The molecule has 0 saturated carbocycles. The van der Waals surface area contributed by atoms with Gasteiger partial charge in [0.2, 0.25) is 0 Å². The van der Waals surface area contributed by atoms with Crippen LogP contribution in [-0.2, 0) is 16.4 Å². The summed E-state index contributed by atoms with van der Waals surface area (Å²) in [7, 11) is -3.57. The molecule has 0 bridgehead atoms. The van der Waals surface area contributed by atoms with E-state index in [0.717, 1.165) is 12.0 Å². The number of rotatable bonds is 5. The third-order valence-electron chi connectivity index (χ3n) is 2.58. The van der Waals surface area contributed by atoms with Crippen LogP contribution in [0.4, 0.5) is 5.69 Å². The van der Waals surface area contributed by atoms with Crippen molar-refractivity contribution in [3.8, 4) is 0 Å². The van der Waals surface area contributed by atoms with Gasteiger partial charge in [-0.2, -0.15) is 0 Å². The Morgan fingerprint density at radius 1 is 1.16 bits per heavy atom. The van der Waals surface area contributed by atoms with Gasteiger partial charge in [-0.3, -0.25) is 9.71 Å². The fraction of sp³-hybridized carbons (Fsp3) is 0.154. The number of anilines is 1. The Bertz CT molecular complexity index is 625. The van der Waals surface area contributed by atoms with Gasteiger partial charge in [0, 0.05) is 6.20 Å². The number of aromatic nitrogens is 1. The maximum absolute atomic E-state index is 12.1. The number of sulfonamides is 1. The first-order valence-electron chi connectivity index (χ1n) is 5.84. The van der Waals surface area contributed by atoms with E-state index in [2.05, 4.69) is 9.71 Å². The normalized spacial score (nSPS) is 11.2. The quantitative estimate of drug-likeness (QED) is 0.864. The predicted molar refractivity (Wildman–Crippen MR) is 74.2 cm³/mol. The van der Waals surface area contributed by atoms with Gasteiger partial charge in [-0.1, -0.05) is 12.1 Å². The zero-order valence-electron chi connectivity index (χ0n) is 10.3. The van der Waals surface area contributed by atoms with Crippen molar-refractivity contribution in [3.05, 3.63) is 54.4 Å². The second-order valence-corrected chi connectivity index (χ2v) is 5.71. The number of nitrogens with zero attached hydrogens (tertiary/aromatic N) is 1. The van der Waals surface area contributed by atoms with E-state index in [-0.39, 0.29) is 4.90 Å². The first-order chi connectivity index (χ1) is 9.12. The largest absolute Gasteiger partial charge is 0.330 e. The van der Waals surface area contributed by atoms with Gasteiger partial charge in [0.15, 0.2) is 0 Å². The van der Waals surface area contributed by atoms with Crippen LogP contribution in [0.15, 0.2) is 53.7 Å². The summed E-state index contributed by atoms with van der Waals surface area (Å²) in [4.78, 5) is 4.08. The maximum Gasteiger partial charge on any atom is 0.261 e. The van der Waals surface area contributed by atoms with E-state index < -0.39 is 10.0 Å². The van der Waals surface area contributed by atoms with E-state index in [0.29, 0.717) is 12.2 Å². The Morgan fingerprint density at radius 2 is 1.89 bits per heavy atom. The van der Waals surface area contributed by atoms with Crippen LogP contribution in [0.1, 0.15) is 5.56 Å². The smallest absolute Gasteiger partial charge is 0.261 e. The van der Waals surface area contributed by atoms with Crippen LogP contribution in [0.5, 0.6) is 0 Å². The van der Waals surface area contributed by atoms with Gasteiger partial charge in [0.1, 0.15) is 0 Å². The van der Waals surface area contributed by atoms with E-state index >= 15 is 0 Å². The first kappa shape index (κ1) is 13.5. The molecular weight excluding hydrogens is 262 g/mol. The number of hydrogen-bond donors (Lipinski definition) is 2. The van der Waals surface area contributed by atoms with Gasteiger partial charge >= 0.3 is 0 Å². The summed E-state index contributed by atoms with van der Waals surface area (Å²) in [5, 5.41) is 0. The first-order valence-corrected chi connectivity index (χ1v) is 7.32. The van der Waals surface area contributed by atoms with Crippen LogP contribution in [0.2, 0.25) is 0 Å². The van der Waals surface area contributed by atoms with Gasteiger partial charge in [-0.25, -0.2) is 8.42 Å². The molecule has 0 amide bonds. The van der Waals surface area contributed by atoms with Crippen molar-refractivity contribution in [2.45, 2.75) is 11.3 Å². The van der Waals surface area contributed by atoms with E-state index in [9.17, 15) is 8.42 Å². The lowest BCUT2D eigenvalue weighted by molar-refractivity contribution is 0.601. The summed E-state index contributed by atoms with van der Waals surface area (Å²) in [6.07, 6.45) is 3.77. The highest BCUT2D eigenvalue weighted by molar-refractivity contribution is 7.92. The zero-order chi connectivity index (χ0) is 13.7. The Balaban J connectivity index is 2.20. The molecule has 0 aliphatic heterocycles. The molecule has 19 heavy (non-hydrogen) atoms. The standard InChI is InChI=1S/C13H15N3O2S/c14-8-7-11-3-5-13(6-4-11)19(17,18)16-12-2-1-9-15-10-12/h1-6,9-10,16H,7-8,14H2. The summed E-state index contributed by atoms with van der Waals surface area (Å²) in [5.74, 6) is 0. The van der Waals surface area contributed by atoms with E-state index in [4.69, 9.17) is 5.73 Å². The van der Waals surface area contributed by atoms with Gasteiger partial charge in [-0.05, 0) is 42.8 Å².